The third kappa shape index (κ3) is 6.03. The molecule has 2 heterocycles. The van der Waals surface area contributed by atoms with E-state index >= 15 is 0 Å². The number of nitrogens with one attached hydrogen (secondary N) is 2. The predicted molar refractivity (Wildman–Crippen MR) is 114 cm³/mol. The molecule has 2 aliphatic heterocycles. The fourth-order valence-corrected chi connectivity index (χ4v) is 3.29. The number of benzene rings is 2. The van der Waals surface area contributed by atoms with Crippen molar-refractivity contribution in [2.24, 2.45) is 11.5 Å². The smallest absolute Gasteiger partial charge is 0.311 e. The summed E-state index contributed by atoms with van der Waals surface area (Å²) in [7, 11) is 0. The van der Waals surface area contributed by atoms with Crippen LogP contribution in [-0.4, -0.2) is 40.6 Å². The lowest BCUT2D eigenvalue weighted by Crippen LogP contribution is -2.54. The molecule has 4 amide bonds. The largest absolute Gasteiger partial charge is 0.450 e. The van der Waals surface area contributed by atoms with Crippen molar-refractivity contribution in [3.8, 4) is 11.5 Å². The Balaban J connectivity index is 2.03. The number of fused-ring (bicyclic) bond motifs is 9. The fraction of sp³-hybridized carbons (Fsp3) is 0.238. The van der Waals surface area contributed by atoms with Crippen LogP contribution in [0, 0.1) is 10.1 Å². The molecule has 0 saturated heterocycles. The van der Waals surface area contributed by atoms with Crippen LogP contribution >= 0.6 is 0 Å². The zero-order chi connectivity index (χ0) is 24.1. The van der Waals surface area contributed by atoms with Crippen molar-refractivity contribution in [1.29, 1.82) is 0 Å². The molecule has 12 nitrogen and oxygen atoms in total. The van der Waals surface area contributed by atoms with E-state index in [0.717, 1.165) is 0 Å². The molecule has 172 valence electrons. The molecule has 2 atom stereocenters. The molecule has 2 aliphatic rings. The average Bonchev–Trinajstić information content (AvgIpc) is 2.73. The van der Waals surface area contributed by atoms with Crippen molar-refractivity contribution in [3.63, 3.8) is 0 Å². The minimum atomic E-state index is -1.35. The van der Waals surface area contributed by atoms with E-state index in [1.165, 1.54) is 18.2 Å². The van der Waals surface area contributed by atoms with Crippen molar-refractivity contribution >= 4 is 29.3 Å². The lowest BCUT2D eigenvalue weighted by atomic mass is 10.0. The van der Waals surface area contributed by atoms with Crippen LogP contribution < -0.4 is 26.8 Å². The molecule has 4 bridgehead atoms. The third-order valence-electron chi connectivity index (χ3n) is 4.89. The van der Waals surface area contributed by atoms with Gasteiger partial charge in [-0.1, -0.05) is 18.2 Å². The number of nitro benzene ring substituents is 1. The molecular weight excluding hydrogens is 434 g/mol. The minimum absolute atomic E-state index is 0.0220. The number of carbonyl (C=O) groups is 4. The van der Waals surface area contributed by atoms with Gasteiger partial charge in [-0.15, -0.1) is 0 Å². The molecule has 0 aliphatic carbocycles. The van der Waals surface area contributed by atoms with Crippen LogP contribution in [0.1, 0.15) is 17.5 Å². The molecule has 6 N–H and O–H groups in total. The molecule has 0 spiro atoms. The minimum Gasteiger partial charge on any atom is -0.450 e. The maximum Gasteiger partial charge on any atom is 0.311 e. The molecule has 0 fully saturated rings. The number of carbonyl (C=O) groups excluding carboxylic acids is 4. The van der Waals surface area contributed by atoms with Gasteiger partial charge in [-0.2, -0.15) is 0 Å². The lowest BCUT2D eigenvalue weighted by molar-refractivity contribution is -0.385. The molecule has 2 aromatic carbocycles. The first-order valence-electron chi connectivity index (χ1n) is 9.84. The number of ether oxygens (including phenoxy) is 1. The van der Waals surface area contributed by atoms with Gasteiger partial charge in [0, 0.05) is 12.5 Å². The van der Waals surface area contributed by atoms with Gasteiger partial charge in [-0.05, 0) is 29.3 Å². The van der Waals surface area contributed by atoms with E-state index in [4.69, 9.17) is 16.2 Å². The van der Waals surface area contributed by atoms with Crippen LogP contribution in [0.2, 0.25) is 0 Å². The van der Waals surface area contributed by atoms with Crippen molar-refractivity contribution in [1.82, 2.24) is 10.6 Å². The van der Waals surface area contributed by atoms with E-state index < -0.39 is 47.1 Å². The van der Waals surface area contributed by atoms with E-state index in [1.807, 2.05) is 0 Å². The van der Waals surface area contributed by atoms with Gasteiger partial charge in [-0.25, -0.2) is 0 Å². The van der Waals surface area contributed by atoms with Crippen molar-refractivity contribution in [2.75, 3.05) is 0 Å². The van der Waals surface area contributed by atoms with Crippen LogP contribution in [0.15, 0.2) is 42.5 Å². The highest BCUT2D eigenvalue weighted by Crippen LogP contribution is 2.32. The first-order chi connectivity index (χ1) is 15.6. The topological polar surface area (TPSA) is 197 Å². The van der Waals surface area contributed by atoms with Gasteiger partial charge in [0.05, 0.1) is 17.8 Å². The van der Waals surface area contributed by atoms with Gasteiger partial charge in [0.15, 0.2) is 0 Å². The van der Waals surface area contributed by atoms with E-state index in [1.54, 1.807) is 24.3 Å². The summed E-state index contributed by atoms with van der Waals surface area (Å²) in [6, 6.07) is 7.77. The molecule has 33 heavy (non-hydrogen) atoms. The summed E-state index contributed by atoms with van der Waals surface area (Å²) < 4.78 is 5.67. The van der Waals surface area contributed by atoms with E-state index in [2.05, 4.69) is 10.6 Å². The quantitative estimate of drug-likeness (QED) is 0.362. The maximum atomic E-state index is 12.7. The first kappa shape index (κ1) is 23.2. The molecule has 12 heteroatoms. The second-order valence-corrected chi connectivity index (χ2v) is 7.44. The fourth-order valence-electron chi connectivity index (χ4n) is 3.29. The average molecular weight is 455 g/mol. The molecule has 0 saturated carbocycles. The Hall–Kier alpha value is -4.48. The third-order valence-corrected chi connectivity index (χ3v) is 4.89. The molecular formula is C21H21N5O7. The van der Waals surface area contributed by atoms with Crippen LogP contribution in [-0.2, 0) is 32.0 Å². The summed E-state index contributed by atoms with van der Waals surface area (Å²) in [5, 5.41) is 16.2. The highest BCUT2D eigenvalue weighted by Gasteiger charge is 2.28. The Kier molecular flexibility index (Phi) is 6.86. The molecule has 4 rings (SSSR count). The van der Waals surface area contributed by atoms with Crippen LogP contribution in [0.25, 0.3) is 0 Å². The Morgan fingerprint density at radius 3 is 2.33 bits per heavy atom. The second kappa shape index (κ2) is 9.77. The summed E-state index contributed by atoms with van der Waals surface area (Å²) in [4.78, 5) is 59.4. The summed E-state index contributed by atoms with van der Waals surface area (Å²) in [6.45, 7) is 0. The van der Waals surface area contributed by atoms with Gasteiger partial charge in [0.2, 0.25) is 29.4 Å². The standard InChI is InChI=1S/C21H21N5O7/c22-18(27)10-15-21(30)25-14(20(23)29)7-11-1-4-13(5-2-11)33-17-8-12(9-19(28)24-15)3-6-16(17)26(31)32/h1-6,8,14-15H,7,9-10H2,(H2,22,27)(H2,23,29)(H,24,28)(H,25,30)/t14-,15-/m0/s1. The molecule has 0 radical (unpaired) electrons. The van der Waals surface area contributed by atoms with E-state index in [0.29, 0.717) is 11.1 Å². The van der Waals surface area contributed by atoms with Crippen LogP contribution in [0.4, 0.5) is 5.69 Å². The maximum absolute atomic E-state index is 12.7. The molecule has 2 aromatic rings. The van der Waals surface area contributed by atoms with E-state index in [9.17, 15) is 29.3 Å². The number of nitrogens with zero attached hydrogens (tertiary/aromatic N) is 1. The Morgan fingerprint density at radius 2 is 1.73 bits per heavy atom. The summed E-state index contributed by atoms with van der Waals surface area (Å²) in [5.41, 5.74) is 11.3. The van der Waals surface area contributed by atoms with Crippen LogP contribution in [0.3, 0.4) is 0 Å². The van der Waals surface area contributed by atoms with E-state index in [-0.39, 0.29) is 30.0 Å². The van der Waals surface area contributed by atoms with Crippen molar-refractivity contribution < 1.29 is 28.8 Å². The SMILES string of the molecule is NC(=O)C[C@@H]1NC(=O)Cc2ccc([N+](=O)[O-])c(c2)Oc2ccc(cc2)C[C@@H](C(N)=O)NC1=O. The Morgan fingerprint density at radius 1 is 1.06 bits per heavy atom. The number of hydrogen-bond donors (Lipinski definition) is 4. The van der Waals surface area contributed by atoms with Gasteiger partial charge in [0.25, 0.3) is 0 Å². The summed E-state index contributed by atoms with van der Waals surface area (Å²) in [6.07, 6.45) is -0.754. The van der Waals surface area contributed by atoms with Gasteiger partial charge in [-0.3, -0.25) is 29.3 Å². The zero-order valence-electron chi connectivity index (χ0n) is 17.3. The van der Waals surface area contributed by atoms with Gasteiger partial charge in [0.1, 0.15) is 17.8 Å². The van der Waals surface area contributed by atoms with Gasteiger partial charge >= 0.3 is 5.69 Å². The zero-order valence-corrected chi connectivity index (χ0v) is 17.3. The number of amides is 4. The summed E-state index contributed by atoms with van der Waals surface area (Å²) >= 11 is 0. The second-order valence-electron chi connectivity index (χ2n) is 7.44. The number of primary amides is 2. The lowest BCUT2D eigenvalue weighted by Gasteiger charge is -2.22. The normalized spacial score (nSPS) is 18.5. The van der Waals surface area contributed by atoms with Crippen molar-refractivity contribution in [2.45, 2.75) is 31.3 Å². The predicted octanol–water partition coefficient (Wildman–Crippen LogP) is -0.184. The Labute approximate surface area is 187 Å². The number of hydrogen-bond acceptors (Lipinski definition) is 7. The number of nitro groups is 1. The number of nitrogens with two attached hydrogens (primary N) is 2. The van der Waals surface area contributed by atoms with Gasteiger partial charge < -0.3 is 26.8 Å². The monoisotopic (exact) mass is 455 g/mol. The summed E-state index contributed by atoms with van der Waals surface area (Å²) in [5.74, 6) is -2.91. The highest BCUT2D eigenvalue weighted by atomic mass is 16.6. The van der Waals surface area contributed by atoms with Crippen molar-refractivity contribution in [3.05, 3.63) is 63.7 Å². The van der Waals surface area contributed by atoms with Crippen LogP contribution in [0.5, 0.6) is 11.5 Å². The number of rotatable bonds is 4. The highest BCUT2D eigenvalue weighted by molar-refractivity contribution is 5.94. The molecule has 0 unspecified atom stereocenters. The Bertz CT molecular complexity index is 1120. The first-order valence-corrected chi connectivity index (χ1v) is 9.84. The molecule has 0 aromatic heterocycles.